The van der Waals surface area contributed by atoms with E-state index in [9.17, 15) is 0 Å². The van der Waals surface area contributed by atoms with Crippen LogP contribution in [0.25, 0.3) is 0 Å². The summed E-state index contributed by atoms with van der Waals surface area (Å²) in [6, 6.07) is 4.00. The van der Waals surface area contributed by atoms with Gasteiger partial charge in [-0.1, -0.05) is 0 Å². The Morgan fingerprint density at radius 3 is 2.80 bits per heavy atom. The molecule has 1 fully saturated rings. The second-order valence-corrected chi connectivity index (χ2v) is 5.07. The number of hydrogen-bond acceptors (Lipinski definition) is 5. The van der Waals surface area contributed by atoms with Gasteiger partial charge in [-0.15, -0.1) is 10.2 Å². The van der Waals surface area contributed by atoms with Gasteiger partial charge in [0.2, 0.25) is 0 Å². The number of hydrogen-bond donors (Lipinski definition) is 0. The second kappa shape index (κ2) is 5.29. The average Bonchev–Trinajstić information content (AvgIpc) is 2.93. The van der Waals surface area contributed by atoms with Crippen LogP contribution in [0.5, 0.6) is 0 Å². The third-order valence-electron chi connectivity index (χ3n) is 3.87. The van der Waals surface area contributed by atoms with E-state index in [1.54, 1.807) is 24.8 Å². The highest BCUT2D eigenvalue weighted by molar-refractivity contribution is 5.57. The Morgan fingerprint density at radius 1 is 1.35 bits per heavy atom. The molecule has 2 aromatic rings. The van der Waals surface area contributed by atoms with Crippen molar-refractivity contribution in [2.45, 2.75) is 18.8 Å². The van der Waals surface area contributed by atoms with Crippen LogP contribution in [0.2, 0.25) is 0 Å². The molecule has 1 aliphatic heterocycles. The monoisotopic (exact) mass is 268 g/mol. The Labute approximate surface area is 117 Å². The van der Waals surface area contributed by atoms with Crippen molar-refractivity contribution < 1.29 is 0 Å². The highest BCUT2D eigenvalue weighted by Crippen LogP contribution is 2.30. The van der Waals surface area contributed by atoms with Crippen LogP contribution in [0.3, 0.4) is 0 Å². The maximum Gasteiger partial charge on any atom is 0.135 e. The number of pyridine rings is 1. The molecule has 0 amide bonds. The molecule has 0 spiro atoms. The van der Waals surface area contributed by atoms with E-state index in [2.05, 4.69) is 26.2 Å². The van der Waals surface area contributed by atoms with Gasteiger partial charge in [-0.3, -0.25) is 4.98 Å². The SMILES string of the molecule is Cn1cnnc1C1CCN(c2cnccc2C#N)CC1. The van der Waals surface area contributed by atoms with E-state index in [0.717, 1.165) is 37.4 Å². The van der Waals surface area contributed by atoms with Gasteiger partial charge in [0.1, 0.15) is 18.2 Å². The first-order chi connectivity index (χ1) is 9.79. The summed E-state index contributed by atoms with van der Waals surface area (Å²) in [5, 5.41) is 17.3. The van der Waals surface area contributed by atoms with Gasteiger partial charge >= 0.3 is 0 Å². The van der Waals surface area contributed by atoms with Crippen molar-refractivity contribution in [1.82, 2.24) is 19.7 Å². The third-order valence-corrected chi connectivity index (χ3v) is 3.87. The lowest BCUT2D eigenvalue weighted by Gasteiger charge is -2.33. The average molecular weight is 268 g/mol. The largest absolute Gasteiger partial charge is 0.369 e. The molecule has 0 bridgehead atoms. The molecular formula is C14H16N6. The van der Waals surface area contributed by atoms with E-state index < -0.39 is 0 Å². The Kier molecular flexibility index (Phi) is 3.33. The van der Waals surface area contributed by atoms with Crippen molar-refractivity contribution in [1.29, 1.82) is 5.26 Å². The molecule has 1 aliphatic rings. The summed E-state index contributed by atoms with van der Waals surface area (Å²) < 4.78 is 1.99. The topological polar surface area (TPSA) is 70.6 Å². The number of aromatic nitrogens is 4. The fraction of sp³-hybridized carbons (Fsp3) is 0.429. The van der Waals surface area contributed by atoms with Gasteiger partial charge in [0.15, 0.2) is 0 Å². The molecule has 20 heavy (non-hydrogen) atoms. The smallest absolute Gasteiger partial charge is 0.135 e. The molecule has 2 aromatic heterocycles. The first kappa shape index (κ1) is 12.6. The zero-order valence-electron chi connectivity index (χ0n) is 11.4. The maximum atomic E-state index is 9.16. The minimum absolute atomic E-state index is 0.445. The van der Waals surface area contributed by atoms with Gasteiger partial charge < -0.3 is 9.47 Å². The van der Waals surface area contributed by atoms with Crippen LogP contribution in [0.1, 0.15) is 30.1 Å². The zero-order valence-corrected chi connectivity index (χ0v) is 11.4. The van der Waals surface area contributed by atoms with Crippen LogP contribution in [0, 0.1) is 11.3 Å². The van der Waals surface area contributed by atoms with Crippen molar-refractivity contribution in [3.63, 3.8) is 0 Å². The molecule has 0 saturated carbocycles. The van der Waals surface area contributed by atoms with E-state index in [-0.39, 0.29) is 0 Å². The van der Waals surface area contributed by atoms with Crippen molar-refractivity contribution in [2.75, 3.05) is 18.0 Å². The molecule has 0 unspecified atom stereocenters. The molecule has 1 saturated heterocycles. The lowest BCUT2D eigenvalue weighted by Crippen LogP contribution is -2.34. The molecule has 3 heterocycles. The molecule has 3 rings (SSSR count). The fourth-order valence-corrected chi connectivity index (χ4v) is 2.77. The maximum absolute atomic E-state index is 9.16. The van der Waals surface area contributed by atoms with Gasteiger partial charge in [0.25, 0.3) is 0 Å². The van der Waals surface area contributed by atoms with Crippen LogP contribution in [-0.2, 0) is 7.05 Å². The number of aryl methyl sites for hydroxylation is 1. The summed E-state index contributed by atoms with van der Waals surface area (Å²) in [5.74, 6) is 1.50. The van der Waals surface area contributed by atoms with Crippen LogP contribution in [0.4, 0.5) is 5.69 Å². The predicted octanol–water partition coefficient (Wildman–Crippen LogP) is 1.47. The van der Waals surface area contributed by atoms with E-state index >= 15 is 0 Å². The second-order valence-electron chi connectivity index (χ2n) is 5.07. The quantitative estimate of drug-likeness (QED) is 0.824. The summed E-state index contributed by atoms with van der Waals surface area (Å²) in [6.07, 6.45) is 7.23. The van der Waals surface area contributed by atoms with Gasteiger partial charge in [-0.2, -0.15) is 5.26 Å². The fourth-order valence-electron chi connectivity index (χ4n) is 2.77. The molecule has 0 aromatic carbocycles. The minimum atomic E-state index is 0.445. The summed E-state index contributed by atoms with van der Waals surface area (Å²) in [5.41, 5.74) is 1.63. The number of nitriles is 1. The Morgan fingerprint density at radius 2 is 2.15 bits per heavy atom. The van der Waals surface area contributed by atoms with Crippen LogP contribution in [-0.4, -0.2) is 32.8 Å². The minimum Gasteiger partial charge on any atom is -0.369 e. The summed E-state index contributed by atoms with van der Waals surface area (Å²) in [7, 11) is 1.98. The number of nitrogens with zero attached hydrogens (tertiary/aromatic N) is 6. The van der Waals surface area contributed by atoms with Crippen LogP contribution >= 0.6 is 0 Å². The van der Waals surface area contributed by atoms with Crippen molar-refractivity contribution in [3.8, 4) is 6.07 Å². The third kappa shape index (κ3) is 2.23. The van der Waals surface area contributed by atoms with Crippen molar-refractivity contribution in [2.24, 2.45) is 7.05 Å². The van der Waals surface area contributed by atoms with E-state index in [1.807, 2.05) is 11.6 Å². The Bertz CT molecular complexity index is 633. The lowest BCUT2D eigenvalue weighted by atomic mass is 9.95. The number of anilines is 1. The number of rotatable bonds is 2. The summed E-state index contributed by atoms with van der Waals surface area (Å²) >= 11 is 0. The molecule has 6 heteroatoms. The van der Waals surface area contributed by atoms with E-state index in [4.69, 9.17) is 5.26 Å². The molecule has 6 nitrogen and oxygen atoms in total. The van der Waals surface area contributed by atoms with Gasteiger partial charge in [-0.25, -0.2) is 0 Å². The van der Waals surface area contributed by atoms with Gasteiger partial charge in [0.05, 0.1) is 17.4 Å². The Balaban J connectivity index is 1.73. The molecule has 0 atom stereocenters. The van der Waals surface area contributed by atoms with Crippen LogP contribution < -0.4 is 4.90 Å². The lowest BCUT2D eigenvalue weighted by molar-refractivity contribution is 0.474. The summed E-state index contributed by atoms with van der Waals surface area (Å²) in [4.78, 5) is 6.37. The van der Waals surface area contributed by atoms with Crippen LogP contribution in [0.15, 0.2) is 24.8 Å². The number of piperidine rings is 1. The Hall–Kier alpha value is -2.42. The summed E-state index contributed by atoms with van der Waals surface area (Å²) in [6.45, 7) is 1.83. The van der Waals surface area contributed by atoms with E-state index in [1.165, 1.54) is 0 Å². The predicted molar refractivity (Wildman–Crippen MR) is 74.1 cm³/mol. The normalized spacial score (nSPS) is 16.1. The molecule has 0 aliphatic carbocycles. The highest BCUT2D eigenvalue weighted by atomic mass is 15.3. The van der Waals surface area contributed by atoms with Gasteiger partial charge in [-0.05, 0) is 18.9 Å². The molecule has 0 radical (unpaired) electrons. The van der Waals surface area contributed by atoms with Crippen molar-refractivity contribution >= 4 is 5.69 Å². The molecular weight excluding hydrogens is 252 g/mol. The highest BCUT2D eigenvalue weighted by Gasteiger charge is 2.25. The molecule has 102 valence electrons. The standard InChI is InChI=1S/C14H16N6/c1-19-10-17-18-14(19)11-3-6-20(7-4-11)13-9-16-5-2-12(13)8-15/h2,5,9-11H,3-4,6-7H2,1H3. The first-order valence-electron chi connectivity index (χ1n) is 6.72. The van der Waals surface area contributed by atoms with Crippen molar-refractivity contribution in [3.05, 3.63) is 36.2 Å². The first-order valence-corrected chi connectivity index (χ1v) is 6.72. The van der Waals surface area contributed by atoms with E-state index in [0.29, 0.717) is 11.5 Å². The van der Waals surface area contributed by atoms with Gasteiger partial charge in [0, 0.05) is 32.3 Å². The molecule has 0 N–H and O–H groups in total. The zero-order chi connectivity index (χ0) is 13.9.